The van der Waals surface area contributed by atoms with Crippen LogP contribution in [0, 0.1) is 0 Å². The lowest BCUT2D eigenvalue weighted by Crippen LogP contribution is -2.37. The van der Waals surface area contributed by atoms with Gasteiger partial charge in [0, 0.05) is 6.54 Å². The summed E-state index contributed by atoms with van der Waals surface area (Å²) < 4.78 is 15.9. The summed E-state index contributed by atoms with van der Waals surface area (Å²) in [5.74, 6) is 1.11. The Hall–Kier alpha value is -1.75. The van der Waals surface area contributed by atoms with Gasteiger partial charge in [-0.2, -0.15) is 0 Å². The average molecular weight is 251 g/mol. The van der Waals surface area contributed by atoms with Crippen molar-refractivity contribution in [2.75, 3.05) is 26.9 Å². The van der Waals surface area contributed by atoms with E-state index in [1.807, 2.05) is 19.1 Å². The first kappa shape index (κ1) is 12.7. The molecule has 0 aromatic heterocycles. The van der Waals surface area contributed by atoms with Crippen molar-refractivity contribution in [3.8, 4) is 11.5 Å². The molecule has 0 radical (unpaired) electrons. The van der Waals surface area contributed by atoms with Gasteiger partial charge in [-0.05, 0) is 19.1 Å². The van der Waals surface area contributed by atoms with Crippen molar-refractivity contribution in [3.05, 3.63) is 24.3 Å². The molecule has 0 aliphatic carbocycles. The zero-order valence-corrected chi connectivity index (χ0v) is 10.6. The molecule has 1 unspecified atom stereocenters. The van der Waals surface area contributed by atoms with Crippen molar-refractivity contribution in [3.63, 3.8) is 0 Å². The minimum Gasteiger partial charge on any atom is -0.493 e. The Bertz CT molecular complexity index is 421. The molecule has 1 aromatic carbocycles. The van der Waals surface area contributed by atoms with E-state index in [-0.39, 0.29) is 18.7 Å². The van der Waals surface area contributed by atoms with Crippen LogP contribution in [0.1, 0.15) is 6.92 Å². The number of rotatable bonds is 4. The van der Waals surface area contributed by atoms with E-state index in [2.05, 4.69) is 0 Å². The summed E-state index contributed by atoms with van der Waals surface area (Å²) in [6.45, 7) is 3.05. The highest BCUT2D eigenvalue weighted by Crippen LogP contribution is 2.25. The molecule has 5 nitrogen and oxygen atoms in total. The maximum atomic E-state index is 11.9. The molecule has 1 atom stereocenters. The smallest absolute Gasteiger partial charge is 0.262 e. The summed E-state index contributed by atoms with van der Waals surface area (Å²) in [5, 5.41) is 0. The molecule has 1 aliphatic rings. The fourth-order valence-electron chi connectivity index (χ4n) is 1.88. The van der Waals surface area contributed by atoms with E-state index in [9.17, 15) is 4.79 Å². The van der Waals surface area contributed by atoms with Gasteiger partial charge in [-0.3, -0.25) is 4.79 Å². The van der Waals surface area contributed by atoms with Crippen molar-refractivity contribution in [1.82, 2.24) is 4.90 Å². The number of benzene rings is 1. The number of hydrogen-bond acceptors (Lipinski definition) is 4. The van der Waals surface area contributed by atoms with Crippen LogP contribution in [-0.2, 0) is 9.53 Å². The van der Waals surface area contributed by atoms with Crippen LogP contribution in [0.25, 0.3) is 0 Å². The van der Waals surface area contributed by atoms with Crippen LogP contribution in [0.2, 0.25) is 0 Å². The van der Waals surface area contributed by atoms with Crippen molar-refractivity contribution >= 4 is 5.91 Å². The fraction of sp³-hybridized carbons (Fsp3) is 0.462. The Morgan fingerprint density at radius 1 is 1.44 bits per heavy atom. The number of para-hydroxylation sites is 2. The Labute approximate surface area is 106 Å². The summed E-state index contributed by atoms with van der Waals surface area (Å²) in [4.78, 5) is 13.6. The molecule has 1 amide bonds. The molecule has 1 heterocycles. The van der Waals surface area contributed by atoms with Crippen LogP contribution in [0.5, 0.6) is 11.5 Å². The number of amides is 1. The number of carbonyl (C=O) groups excluding carboxylic acids is 1. The molecule has 0 N–H and O–H groups in total. The number of carbonyl (C=O) groups is 1. The van der Waals surface area contributed by atoms with Crippen LogP contribution >= 0.6 is 0 Å². The van der Waals surface area contributed by atoms with Gasteiger partial charge in [-0.25, -0.2) is 0 Å². The predicted molar refractivity (Wildman–Crippen MR) is 65.6 cm³/mol. The minimum atomic E-state index is -0.168. The van der Waals surface area contributed by atoms with E-state index in [1.54, 1.807) is 24.1 Å². The van der Waals surface area contributed by atoms with Gasteiger partial charge >= 0.3 is 0 Å². The van der Waals surface area contributed by atoms with Gasteiger partial charge in [-0.15, -0.1) is 0 Å². The Morgan fingerprint density at radius 3 is 2.78 bits per heavy atom. The van der Waals surface area contributed by atoms with E-state index in [0.29, 0.717) is 24.7 Å². The fourth-order valence-corrected chi connectivity index (χ4v) is 1.88. The van der Waals surface area contributed by atoms with Crippen LogP contribution < -0.4 is 9.47 Å². The first-order valence-electron chi connectivity index (χ1n) is 5.89. The molecule has 98 valence electrons. The molecule has 5 heteroatoms. The minimum absolute atomic E-state index is 0.00588. The van der Waals surface area contributed by atoms with Gasteiger partial charge in [-0.1, -0.05) is 12.1 Å². The normalized spacial score (nSPS) is 18.8. The van der Waals surface area contributed by atoms with Crippen molar-refractivity contribution in [2.45, 2.75) is 13.2 Å². The molecule has 1 saturated heterocycles. The number of hydrogen-bond donors (Lipinski definition) is 0. The van der Waals surface area contributed by atoms with Gasteiger partial charge in [0.25, 0.3) is 5.91 Å². The third-order valence-corrected chi connectivity index (χ3v) is 2.87. The molecular weight excluding hydrogens is 234 g/mol. The standard InChI is InChI=1S/C13H17NO4/c1-10-14(7-8-17-10)13(15)9-18-12-6-4-3-5-11(12)16-2/h3-6,10H,7-9H2,1-2H3. The highest BCUT2D eigenvalue weighted by Gasteiger charge is 2.26. The molecule has 1 aromatic rings. The van der Waals surface area contributed by atoms with Crippen molar-refractivity contribution in [2.24, 2.45) is 0 Å². The third kappa shape index (κ3) is 2.73. The number of ether oxygens (including phenoxy) is 3. The first-order chi connectivity index (χ1) is 8.72. The van der Waals surface area contributed by atoms with E-state index in [0.717, 1.165) is 0 Å². The second-order valence-electron chi connectivity index (χ2n) is 4.00. The maximum absolute atomic E-state index is 11.9. The number of methoxy groups -OCH3 is 1. The molecule has 2 rings (SSSR count). The topological polar surface area (TPSA) is 48.0 Å². The van der Waals surface area contributed by atoms with E-state index in [4.69, 9.17) is 14.2 Å². The van der Waals surface area contributed by atoms with Gasteiger partial charge in [0.1, 0.15) is 6.23 Å². The molecular formula is C13H17NO4. The zero-order valence-electron chi connectivity index (χ0n) is 10.6. The lowest BCUT2D eigenvalue weighted by molar-refractivity contribution is -0.137. The van der Waals surface area contributed by atoms with E-state index >= 15 is 0 Å². The van der Waals surface area contributed by atoms with Gasteiger partial charge in [0.15, 0.2) is 18.1 Å². The van der Waals surface area contributed by atoms with E-state index in [1.165, 1.54) is 0 Å². The van der Waals surface area contributed by atoms with Crippen molar-refractivity contribution < 1.29 is 19.0 Å². The monoisotopic (exact) mass is 251 g/mol. The molecule has 0 saturated carbocycles. The summed E-state index contributed by atoms with van der Waals surface area (Å²) in [6.07, 6.45) is -0.168. The van der Waals surface area contributed by atoms with Crippen LogP contribution in [0.15, 0.2) is 24.3 Å². The van der Waals surface area contributed by atoms with Gasteiger partial charge in [0.05, 0.1) is 13.7 Å². The van der Waals surface area contributed by atoms with E-state index < -0.39 is 0 Å². The number of nitrogens with zero attached hydrogens (tertiary/aromatic N) is 1. The summed E-state index contributed by atoms with van der Waals surface area (Å²) in [7, 11) is 1.57. The van der Waals surface area contributed by atoms with Crippen LogP contribution in [0.3, 0.4) is 0 Å². The van der Waals surface area contributed by atoms with Crippen molar-refractivity contribution in [1.29, 1.82) is 0 Å². The SMILES string of the molecule is COc1ccccc1OCC(=O)N1CCOC1C. The molecule has 1 fully saturated rings. The van der Waals surface area contributed by atoms with Gasteiger partial charge in [0.2, 0.25) is 0 Å². The van der Waals surface area contributed by atoms with Crippen LogP contribution in [-0.4, -0.2) is 43.9 Å². The largest absolute Gasteiger partial charge is 0.493 e. The Kier molecular flexibility index (Phi) is 4.04. The maximum Gasteiger partial charge on any atom is 0.262 e. The predicted octanol–water partition coefficient (Wildman–Crippen LogP) is 1.28. The first-order valence-corrected chi connectivity index (χ1v) is 5.89. The lowest BCUT2D eigenvalue weighted by Gasteiger charge is -2.20. The second kappa shape index (κ2) is 5.73. The van der Waals surface area contributed by atoms with Gasteiger partial charge < -0.3 is 19.1 Å². The Balaban J connectivity index is 1.93. The molecule has 0 bridgehead atoms. The molecule has 0 spiro atoms. The summed E-state index contributed by atoms with van der Waals surface area (Å²) in [5.41, 5.74) is 0. The lowest BCUT2D eigenvalue weighted by atomic mass is 10.3. The molecule has 1 aliphatic heterocycles. The highest BCUT2D eigenvalue weighted by atomic mass is 16.5. The van der Waals surface area contributed by atoms with Crippen LogP contribution in [0.4, 0.5) is 0 Å². The second-order valence-corrected chi connectivity index (χ2v) is 4.00. The summed E-state index contributed by atoms with van der Waals surface area (Å²) in [6, 6.07) is 7.26. The zero-order chi connectivity index (χ0) is 13.0. The summed E-state index contributed by atoms with van der Waals surface area (Å²) >= 11 is 0. The third-order valence-electron chi connectivity index (χ3n) is 2.87. The average Bonchev–Trinajstić information content (AvgIpc) is 2.82. The Morgan fingerprint density at radius 2 is 2.17 bits per heavy atom. The highest BCUT2D eigenvalue weighted by molar-refractivity contribution is 5.78. The molecule has 18 heavy (non-hydrogen) atoms. The quantitative estimate of drug-likeness (QED) is 0.808.